The Morgan fingerprint density at radius 2 is 1.90 bits per heavy atom. The summed E-state index contributed by atoms with van der Waals surface area (Å²) in [6.07, 6.45) is -4.77. The molecule has 0 saturated carbocycles. The molecule has 0 amide bonds. The molecule has 11 heteroatoms. The topological polar surface area (TPSA) is 84.6 Å². The second kappa shape index (κ2) is 8.19. The number of thiophene rings is 1. The predicted octanol–water partition coefficient (Wildman–Crippen LogP) is 3.31. The number of alkyl halides is 3. The zero-order valence-corrected chi connectivity index (χ0v) is 17.6. The van der Waals surface area contributed by atoms with Gasteiger partial charge in [-0.05, 0) is 36.1 Å². The van der Waals surface area contributed by atoms with Crippen molar-refractivity contribution in [2.24, 2.45) is 0 Å². The van der Waals surface area contributed by atoms with Gasteiger partial charge < -0.3 is 10.0 Å². The van der Waals surface area contributed by atoms with E-state index < -0.39 is 27.8 Å². The first kappa shape index (κ1) is 22.6. The minimum atomic E-state index is -4.82. The van der Waals surface area contributed by atoms with Gasteiger partial charge >= 0.3 is 6.18 Å². The third-order valence-electron chi connectivity index (χ3n) is 5.17. The second-order valence-electron chi connectivity index (χ2n) is 7.12. The van der Waals surface area contributed by atoms with E-state index in [1.807, 2.05) is 4.90 Å². The van der Waals surface area contributed by atoms with Crippen LogP contribution >= 0.6 is 11.3 Å². The molecule has 3 rings (SSSR count). The van der Waals surface area contributed by atoms with E-state index in [-0.39, 0.29) is 35.8 Å². The van der Waals surface area contributed by atoms with E-state index in [4.69, 9.17) is 0 Å². The van der Waals surface area contributed by atoms with Crippen molar-refractivity contribution < 1.29 is 26.7 Å². The first-order valence-electron chi connectivity index (χ1n) is 9.05. The van der Waals surface area contributed by atoms with Gasteiger partial charge in [0.2, 0.25) is 0 Å². The summed E-state index contributed by atoms with van der Waals surface area (Å²) in [6.45, 7) is 1.25. The molecule has 0 bridgehead atoms. The van der Waals surface area contributed by atoms with E-state index >= 15 is 0 Å². The van der Waals surface area contributed by atoms with Crippen LogP contribution in [0.4, 0.5) is 18.9 Å². The zero-order chi connectivity index (χ0) is 22.2. The molecular weight excluding hydrogens is 439 g/mol. The lowest BCUT2D eigenvalue weighted by molar-refractivity contribution is -0.258. The molecule has 1 aliphatic rings. The Labute approximate surface area is 176 Å². The molecule has 2 heterocycles. The van der Waals surface area contributed by atoms with Gasteiger partial charge in [-0.2, -0.15) is 22.7 Å². The molecule has 1 saturated heterocycles. The molecule has 30 heavy (non-hydrogen) atoms. The number of sulfonamides is 1. The first-order valence-corrected chi connectivity index (χ1v) is 11.4. The van der Waals surface area contributed by atoms with Crippen LogP contribution in [0.15, 0.2) is 46.0 Å². The Balaban J connectivity index is 1.83. The van der Waals surface area contributed by atoms with Crippen molar-refractivity contribution in [3.8, 4) is 6.07 Å². The highest BCUT2D eigenvalue weighted by molar-refractivity contribution is 7.91. The number of halogens is 3. The van der Waals surface area contributed by atoms with Crippen LogP contribution in [-0.2, 0) is 15.6 Å². The van der Waals surface area contributed by atoms with Crippen LogP contribution in [-0.4, -0.2) is 49.7 Å². The van der Waals surface area contributed by atoms with Crippen molar-refractivity contribution >= 4 is 27.0 Å². The third-order valence-corrected chi connectivity index (χ3v) is 8.41. The van der Waals surface area contributed by atoms with Gasteiger partial charge in [0.15, 0.2) is 5.60 Å². The molecular formula is C19H20F3N3O3S2. The number of hydrogen-bond acceptors (Lipinski definition) is 6. The van der Waals surface area contributed by atoms with Crippen LogP contribution in [0.25, 0.3) is 0 Å². The fourth-order valence-electron chi connectivity index (χ4n) is 3.34. The molecule has 1 aliphatic heterocycles. The normalized spacial score (nSPS) is 20.5. The predicted molar refractivity (Wildman–Crippen MR) is 107 cm³/mol. The molecule has 0 unspecified atom stereocenters. The highest BCUT2D eigenvalue weighted by atomic mass is 32.2. The number of nitriles is 1. The molecule has 1 aromatic heterocycles. The van der Waals surface area contributed by atoms with E-state index in [2.05, 4.69) is 6.07 Å². The summed E-state index contributed by atoms with van der Waals surface area (Å²) in [4.78, 5) is 1.82. The maximum atomic E-state index is 13.1. The lowest BCUT2D eigenvalue weighted by Gasteiger charge is -2.41. The highest BCUT2D eigenvalue weighted by Crippen LogP contribution is 2.39. The summed E-state index contributed by atoms with van der Waals surface area (Å²) >= 11 is 1.12. The molecule has 2 atom stereocenters. The summed E-state index contributed by atoms with van der Waals surface area (Å²) in [5.74, 6) is 0. The number of nitrogens with zero attached hydrogens (tertiary/aromatic N) is 3. The van der Waals surface area contributed by atoms with Crippen molar-refractivity contribution in [1.29, 1.82) is 5.26 Å². The summed E-state index contributed by atoms with van der Waals surface area (Å²) < 4.78 is 66.3. The number of anilines is 1. The van der Waals surface area contributed by atoms with Crippen molar-refractivity contribution in [2.75, 3.05) is 24.5 Å². The van der Waals surface area contributed by atoms with Gasteiger partial charge in [0.25, 0.3) is 10.0 Å². The molecule has 0 spiro atoms. The van der Waals surface area contributed by atoms with Crippen LogP contribution in [0.2, 0.25) is 0 Å². The van der Waals surface area contributed by atoms with Gasteiger partial charge in [-0.1, -0.05) is 18.2 Å². The van der Waals surface area contributed by atoms with Crippen molar-refractivity contribution in [2.45, 2.75) is 35.4 Å². The number of aliphatic hydroxyl groups is 1. The molecule has 0 radical (unpaired) electrons. The average molecular weight is 460 g/mol. The van der Waals surface area contributed by atoms with Gasteiger partial charge in [0.1, 0.15) is 4.21 Å². The number of hydrogen-bond donors (Lipinski definition) is 1. The largest absolute Gasteiger partial charge is 0.421 e. The van der Waals surface area contributed by atoms with Gasteiger partial charge in [-0.3, -0.25) is 0 Å². The van der Waals surface area contributed by atoms with Crippen molar-refractivity contribution in [3.05, 3.63) is 47.3 Å². The van der Waals surface area contributed by atoms with Crippen molar-refractivity contribution in [3.63, 3.8) is 0 Å². The van der Waals surface area contributed by atoms with Gasteiger partial charge in [0, 0.05) is 25.3 Å². The average Bonchev–Trinajstić information content (AvgIpc) is 3.23. The molecule has 162 valence electrons. The van der Waals surface area contributed by atoms with Crippen molar-refractivity contribution in [1.82, 2.24) is 4.31 Å². The van der Waals surface area contributed by atoms with Crippen LogP contribution in [0.5, 0.6) is 0 Å². The first-order chi connectivity index (χ1) is 14.0. The molecule has 6 nitrogen and oxygen atoms in total. The Morgan fingerprint density at radius 1 is 1.23 bits per heavy atom. The summed E-state index contributed by atoms with van der Waals surface area (Å²) in [5, 5.41) is 20.7. The molecule has 1 fully saturated rings. The van der Waals surface area contributed by atoms with Crippen LogP contribution in [0.3, 0.4) is 0 Å². The minimum absolute atomic E-state index is 0.0540. The molecule has 1 N–H and O–H groups in total. The molecule has 2 aromatic rings. The standard InChI is InChI=1S/C19H20F3N3O3S2/c1-18(26,19(20,21)22)14-4-6-15(7-5-14)25-11-10-24(13-16(25)8-9-23)30(27,28)17-3-2-12-29-17/h2-7,12,16,26H,8,10-11,13H2,1H3/t16-,18-/m1/s1. The fourth-order valence-corrected chi connectivity index (χ4v) is 5.96. The zero-order valence-electron chi connectivity index (χ0n) is 16.0. The number of piperazine rings is 1. The second-order valence-corrected chi connectivity index (χ2v) is 10.2. The fraction of sp³-hybridized carbons (Fsp3) is 0.421. The van der Waals surface area contributed by atoms with E-state index in [0.717, 1.165) is 11.3 Å². The summed E-state index contributed by atoms with van der Waals surface area (Å²) in [6, 6.07) is 10.1. The molecule has 0 aliphatic carbocycles. The Hall–Kier alpha value is -2.13. The maximum Gasteiger partial charge on any atom is 0.421 e. The Kier molecular flexibility index (Phi) is 6.15. The van der Waals surface area contributed by atoms with E-state index in [1.165, 1.54) is 34.6 Å². The minimum Gasteiger partial charge on any atom is -0.376 e. The number of benzene rings is 1. The number of rotatable bonds is 5. The smallest absolute Gasteiger partial charge is 0.376 e. The highest BCUT2D eigenvalue weighted by Gasteiger charge is 2.51. The van der Waals surface area contributed by atoms with Crippen LogP contribution in [0, 0.1) is 11.3 Å². The molecule has 1 aromatic carbocycles. The maximum absolute atomic E-state index is 13.1. The van der Waals surface area contributed by atoms with E-state index in [0.29, 0.717) is 12.6 Å². The SMILES string of the molecule is C[C@@](O)(c1ccc(N2CCN(S(=O)(=O)c3cccs3)C[C@H]2CC#N)cc1)C(F)(F)F. The van der Waals surface area contributed by atoms with E-state index in [9.17, 15) is 32.0 Å². The summed E-state index contributed by atoms with van der Waals surface area (Å²) in [7, 11) is -3.66. The Bertz CT molecular complexity index is 1010. The summed E-state index contributed by atoms with van der Waals surface area (Å²) in [5.41, 5.74) is -2.72. The van der Waals surface area contributed by atoms with E-state index in [1.54, 1.807) is 11.4 Å². The van der Waals surface area contributed by atoms with Gasteiger partial charge in [0.05, 0.1) is 18.5 Å². The quantitative estimate of drug-likeness (QED) is 0.742. The lowest BCUT2D eigenvalue weighted by atomic mass is 9.95. The monoisotopic (exact) mass is 459 g/mol. The third kappa shape index (κ3) is 4.18. The Morgan fingerprint density at radius 3 is 2.43 bits per heavy atom. The van der Waals surface area contributed by atoms with Crippen LogP contribution < -0.4 is 4.90 Å². The van der Waals surface area contributed by atoms with Gasteiger partial charge in [-0.25, -0.2) is 8.42 Å². The lowest BCUT2D eigenvalue weighted by Crippen LogP contribution is -2.54. The van der Waals surface area contributed by atoms with Crippen LogP contribution in [0.1, 0.15) is 18.9 Å². The van der Waals surface area contributed by atoms with Gasteiger partial charge in [-0.15, -0.1) is 11.3 Å².